The molecule has 0 bridgehead atoms. The van der Waals surface area contributed by atoms with E-state index in [1.54, 1.807) is 0 Å². The van der Waals surface area contributed by atoms with E-state index in [9.17, 15) is 4.79 Å². The third-order valence-electron chi connectivity index (χ3n) is 3.47. The Labute approximate surface area is 124 Å². The van der Waals surface area contributed by atoms with E-state index < -0.39 is 0 Å². The van der Waals surface area contributed by atoms with Crippen LogP contribution < -0.4 is 5.56 Å². The summed E-state index contributed by atoms with van der Waals surface area (Å²) >= 11 is 3.43. The molecule has 3 rings (SSSR count). The van der Waals surface area contributed by atoms with E-state index in [2.05, 4.69) is 26.1 Å². The molecule has 0 aliphatic rings. The summed E-state index contributed by atoms with van der Waals surface area (Å²) in [6.45, 7) is 3.95. The van der Waals surface area contributed by atoms with Crippen LogP contribution in [0.15, 0.2) is 45.7 Å². The molecule has 0 unspecified atom stereocenters. The van der Waals surface area contributed by atoms with Crippen LogP contribution in [0, 0.1) is 13.8 Å². The number of rotatable bonds is 1. The molecule has 100 valence electrons. The third-order valence-corrected chi connectivity index (χ3v) is 4.00. The highest BCUT2D eigenvalue weighted by Crippen LogP contribution is 2.29. The number of aromatic nitrogens is 2. The molecule has 0 spiro atoms. The van der Waals surface area contributed by atoms with E-state index in [1.165, 1.54) is 0 Å². The highest BCUT2D eigenvalue weighted by molar-refractivity contribution is 9.10. The molecule has 0 saturated heterocycles. The van der Waals surface area contributed by atoms with E-state index in [-0.39, 0.29) is 5.56 Å². The van der Waals surface area contributed by atoms with E-state index >= 15 is 0 Å². The maximum atomic E-state index is 12.1. The molecular formula is C16H13BrN2O. The van der Waals surface area contributed by atoms with Gasteiger partial charge in [-0.05, 0) is 37.1 Å². The molecule has 0 atom stereocenters. The highest BCUT2D eigenvalue weighted by atomic mass is 79.9. The van der Waals surface area contributed by atoms with Crippen molar-refractivity contribution in [1.29, 1.82) is 0 Å². The first kappa shape index (κ1) is 13.1. The predicted molar refractivity (Wildman–Crippen MR) is 85.0 cm³/mol. The summed E-state index contributed by atoms with van der Waals surface area (Å²) in [5.41, 5.74) is 3.69. The van der Waals surface area contributed by atoms with Crippen LogP contribution in [-0.2, 0) is 0 Å². The standard InChI is InChI=1S/C16H13BrN2O/c1-9-3-4-10(2)14-13(9)15(18-19-16(14)20)11-5-7-12(17)8-6-11/h3-8H,1-2H3,(H,19,20). The first-order valence-corrected chi connectivity index (χ1v) is 7.12. The second-order valence-corrected chi connectivity index (χ2v) is 5.77. The second-order valence-electron chi connectivity index (χ2n) is 4.86. The van der Waals surface area contributed by atoms with Crippen LogP contribution in [-0.4, -0.2) is 10.2 Å². The number of aromatic amines is 1. The number of nitrogens with one attached hydrogen (secondary N) is 1. The molecule has 3 aromatic rings. The van der Waals surface area contributed by atoms with Crippen molar-refractivity contribution in [3.05, 3.63) is 62.4 Å². The molecule has 0 amide bonds. The molecule has 0 radical (unpaired) electrons. The smallest absolute Gasteiger partial charge is 0.267 e. The minimum absolute atomic E-state index is 0.137. The Morgan fingerprint density at radius 2 is 1.55 bits per heavy atom. The van der Waals surface area contributed by atoms with Gasteiger partial charge in [-0.1, -0.05) is 40.2 Å². The summed E-state index contributed by atoms with van der Waals surface area (Å²) < 4.78 is 1.02. The van der Waals surface area contributed by atoms with E-state index in [1.807, 2.05) is 50.2 Å². The third kappa shape index (κ3) is 2.06. The summed E-state index contributed by atoms with van der Waals surface area (Å²) in [6, 6.07) is 11.9. The maximum absolute atomic E-state index is 12.1. The van der Waals surface area contributed by atoms with Gasteiger partial charge in [-0.15, -0.1) is 0 Å². The lowest BCUT2D eigenvalue weighted by atomic mass is 9.98. The summed E-state index contributed by atoms with van der Waals surface area (Å²) in [5.74, 6) is 0. The van der Waals surface area contributed by atoms with Gasteiger partial charge < -0.3 is 0 Å². The number of H-pyrrole nitrogens is 1. The predicted octanol–water partition coefficient (Wildman–Crippen LogP) is 3.97. The molecule has 0 aliphatic heterocycles. The molecular weight excluding hydrogens is 316 g/mol. The number of aryl methyl sites for hydroxylation is 2. The van der Waals surface area contributed by atoms with Crippen molar-refractivity contribution in [2.45, 2.75) is 13.8 Å². The summed E-state index contributed by atoms with van der Waals surface area (Å²) in [7, 11) is 0. The van der Waals surface area contributed by atoms with Gasteiger partial charge in [-0.25, -0.2) is 5.10 Å². The monoisotopic (exact) mass is 328 g/mol. The number of hydrogen-bond donors (Lipinski definition) is 1. The Kier molecular flexibility index (Phi) is 3.18. The van der Waals surface area contributed by atoms with Gasteiger partial charge >= 0.3 is 0 Å². The summed E-state index contributed by atoms with van der Waals surface area (Å²) in [4.78, 5) is 12.1. The normalized spacial score (nSPS) is 10.9. The molecule has 1 aromatic heterocycles. The van der Waals surface area contributed by atoms with E-state index in [4.69, 9.17) is 0 Å². The number of benzene rings is 2. The van der Waals surface area contributed by atoms with Gasteiger partial charge in [-0.2, -0.15) is 5.10 Å². The zero-order chi connectivity index (χ0) is 14.3. The van der Waals surface area contributed by atoms with Crippen molar-refractivity contribution in [3.8, 4) is 11.3 Å². The van der Waals surface area contributed by atoms with Crippen LogP contribution in [0.2, 0.25) is 0 Å². The van der Waals surface area contributed by atoms with Crippen LogP contribution in [0.1, 0.15) is 11.1 Å². The molecule has 0 aliphatic carbocycles. The van der Waals surface area contributed by atoms with Crippen molar-refractivity contribution < 1.29 is 0 Å². The maximum Gasteiger partial charge on any atom is 0.272 e. The van der Waals surface area contributed by atoms with E-state index in [0.29, 0.717) is 0 Å². The molecule has 1 heterocycles. The first-order chi connectivity index (χ1) is 9.58. The quantitative estimate of drug-likeness (QED) is 0.734. The summed E-state index contributed by atoms with van der Waals surface area (Å²) in [5, 5.41) is 8.51. The van der Waals surface area contributed by atoms with Crippen LogP contribution in [0.4, 0.5) is 0 Å². The van der Waals surface area contributed by atoms with Gasteiger partial charge in [0, 0.05) is 15.4 Å². The number of halogens is 1. The fourth-order valence-corrected chi connectivity index (χ4v) is 2.71. The van der Waals surface area contributed by atoms with E-state index in [0.717, 1.165) is 37.6 Å². The number of nitrogens with zero attached hydrogens (tertiary/aromatic N) is 1. The number of fused-ring (bicyclic) bond motifs is 1. The fraction of sp³-hybridized carbons (Fsp3) is 0.125. The van der Waals surface area contributed by atoms with Crippen LogP contribution in [0.25, 0.3) is 22.0 Å². The Balaban J connectivity index is 2.43. The first-order valence-electron chi connectivity index (χ1n) is 6.32. The molecule has 2 aromatic carbocycles. The van der Waals surface area contributed by atoms with Crippen molar-refractivity contribution in [3.63, 3.8) is 0 Å². The average molecular weight is 329 g/mol. The lowest BCUT2D eigenvalue weighted by Crippen LogP contribution is -2.11. The fourth-order valence-electron chi connectivity index (χ4n) is 2.44. The van der Waals surface area contributed by atoms with Crippen LogP contribution in [0.3, 0.4) is 0 Å². The Bertz CT molecular complexity index is 851. The Morgan fingerprint density at radius 1 is 0.950 bits per heavy atom. The molecule has 4 heteroatoms. The Morgan fingerprint density at radius 3 is 2.20 bits per heavy atom. The zero-order valence-electron chi connectivity index (χ0n) is 11.2. The molecule has 0 saturated carbocycles. The van der Waals surface area contributed by atoms with Gasteiger partial charge in [-0.3, -0.25) is 4.79 Å². The molecule has 20 heavy (non-hydrogen) atoms. The van der Waals surface area contributed by atoms with Crippen molar-refractivity contribution in [2.24, 2.45) is 0 Å². The zero-order valence-corrected chi connectivity index (χ0v) is 12.8. The SMILES string of the molecule is Cc1ccc(C)c2c(=O)[nH]nc(-c3ccc(Br)cc3)c12. The van der Waals surface area contributed by atoms with Gasteiger partial charge in [0.05, 0.1) is 11.1 Å². The largest absolute Gasteiger partial charge is 0.272 e. The minimum atomic E-state index is -0.137. The molecule has 0 fully saturated rings. The van der Waals surface area contributed by atoms with Gasteiger partial charge in [0.2, 0.25) is 0 Å². The minimum Gasteiger partial charge on any atom is -0.267 e. The molecule has 1 N–H and O–H groups in total. The van der Waals surface area contributed by atoms with Gasteiger partial charge in [0.15, 0.2) is 0 Å². The molecule has 3 nitrogen and oxygen atoms in total. The second kappa shape index (κ2) is 4.87. The van der Waals surface area contributed by atoms with Crippen molar-refractivity contribution >= 4 is 26.7 Å². The van der Waals surface area contributed by atoms with Crippen molar-refractivity contribution in [2.75, 3.05) is 0 Å². The average Bonchev–Trinajstić information content (AvgIpc) is 2.44. The highest BCUT2D eigenvalue weighted by Gasteiger charge is 2.12. The summed E-state index contributed by atoms with van der Waals surface area (Å²) in [6.07, 6.45) is 0. The van der Waals surface area contributed by atoms with Crippen molar-refractivity contribution in [1.82, 2.24) is 10.2 Å². The topological polar surface area (TPSA) is 45.8 Å². The van der Waals surface area contributed by atoms with Crippen LogP contribution in [0.5, 0.6) is 0 Å². The lowest BCUT2D eigenvalue weighted by molar-refractivity contribution is 1.01. The van der Waals surface area contributed by atoms with Crippen LogP contribution >= 0.6 is 15.9 Å². The van der Waals surface area contributed by atoms with Gasteiger partial charge in [0.25, 0.3) is 5.56 Å². The lowest BCUT2D eigenvalue weighted by Gasteiger charge is -2.09. The Hall–Kier alpha value is -1.94. The number of hydrogen-bond acceptors (Lipinski definition) is 2. The van der Waals surface area contributed by atoms with Gasteiger partial charge in [0.1, 0.15) is 0 Å².